The molecule has 0 atom stereocenters. The highest BCUT2D eigenvalue weighted by atomic mass is 32.1. The molecule has 24 heavy (non-hydrogen) atoms. The van der Waals surface area contributed by atoms with Crippen LogP contribution < -0.4 is 14.3 Å². The summed E-state index contributed by atoms with van der Waals surface area (Å²) in [6.07, 6.45) is 0. The third-order valence-corrected chi connectivity index (χ3v) is 5.06. The second-order valence-corrected chi connectivity index (χ2v) is 6.56. The smallest absolute Gasteiger partial charge is 0.211 e. The number of nitrogens with zero attached hydrogens (tertiary/aromatic N) is 3. The van der Waals surface area contributed by atoms with Crippen molar-refractivity contribution in [3.8, 4) is 11.5 Å². The van der Waals surface area contributed by atoms with E-state index in [0.29, 0.717) is 13.2 Å². The molecule has 0 N–H and O–H groups in total. The van der Waals surface area contributed by atoms with Crippen molar-refractivity contribution in [3.05, 3.63) is 52.8 Å². The number of hydrogen-bond donors (Lipinski definition) is 0. The minimum absolute atomic E-state index is 0.578. The predicted molar refractivity (Wildman–Crippen MR) is 96.0 cm³/mol. The van der Waals surface area contributed by atoms with Crippen LogP contribution in [0.3, 0.4) is 0 Å². The molecule has 0 radical (unpaired) electrons. The first-order chi connectivity index (χ1) is 11.7. The molecule has 2 aromatic carbocycles. The summed E-state index contributed by atoms with van der Waals surface area (Å²) in [4.78, 5) is 0.869. The predicted octanol–water partition coefficient (Wildman–Crippen LogP) is 3.34. The summed E-state index contributed by atoms with van der Waals surface area (Å²) in [5.41, 5.74) is 2.98. The Hall–Kier alpha value is -2.60. The molecule has 0 saturated heterocycles. The number of thiazole rings is 1. The van der Waals surface area contributed by atoms with Crippen LogP contribution in [0.1, 0.15) is 12.5 Å². The lowest BCUT2D eigenvalue weighted by atomic mass is 10.1. The van der Waals surface area contributed by atoms with Crippen LogP contribution in [0, 0.1) is 0 Å². The maximum Gasteiger partial charge on any atom is 0.211 e. The molecule has 1 aliphatic heterocycles. The van der Waals surface area contributed by atoms with Gasteiger partial charge in [0.1, 0.15) is 13.2 Å². The molecular formula is C18H17N3O2S. The molecule has 0 fully saturated rings. The van der Waals surface area contributed by atoms with E-state index < -0.39 is 0 Å². The third-order valence-electron chi connectivity index (χ3n) is 3.96. The van der Waals surface area contributed by atoms with Gasteiger partial charge in [0.2, 0.25) is 4.80 Å². The van der Waals surface area contributed by atoms with Gasteiger partial charge in [-0.3, -0.25) is 0 Å². The van der Waals surface area contributed by atoms with E-state index in [0.717, 1.165) is 33.1 Å². The largest absolute Gasteiger partial charge is 0.486 e. The van der Waals surface area contributed by atoms with Crippen LogP contribution in [0.5, 0.6) is 11.5 Å². The maximum absolute atomic E-state index is 5.62. The molecule has 0 amide bonds. The molecule has 0 aliphatic carbocycles. The zero-order valence-corrected chi connectivity index (χ0v) is 14.3. The van der Waals surface area contributed by atoms with Crippen LogP contribution in [-0.2, 0) is 7.05 Å². The van der Waals surface area contributed by atoms with Crippen molar-refractivity contribution in [2.75, 3.05) is 13.2 Å². The van der Waals surface area contributed by atoms with Crippen molar-refractivity contribution in [1.29, 1.82) is 0 Å². The lowest BCUT2D eigenvalue weighted by molar-refractivity contribution is 0.171. The van der Waals surface area contributed by atoms with Gasteiger partial charge in [0.15, 0.2) is 11.5 Å². The summed E-state index contributed by atoms with van der Waals surface area (Å²) >= 11 is 1.63. The topological polar surface area (TPSA) is 48.1 Å². The summed E-state index contributed by atoms with van der Waals surface area (Å²) in [5, 5.41) is 8.83. The average Bonchev–Trinajstić information content (AvgIpc) is 2.95. The zero-order chi connectivity index (χ0) is 16.5. The monoisotopic (exact) mass is 339 g/mol. The van der Waals surface area contributed by atoms with Gasteiger partial charge in [0, 0.05) is 12.6 Å². The van der Waals surface area contributed by atoms with Gasteiger partial charge >= 0.3 is 0 Å². The number of fused-ring (bicyclic) bond motifs is 2. The summed E-state index contributed by atoms with van der Waals surface area (Å²) in [6, 6.07) is 14.1. The second kappa shape index (κ2) is 6.13. The normalized spacial score (nSPS) is 15.1. The number of benzene rings is 2. The Balaban J connectivity index is 1.70. The van der Waals surface area contributed by atoms with E-state index in [2.05, 4.69) is 26.9 Å². The second-order valence-electron chi connectivity index (χ2n) is 5.56. The molecule has 0 bridgehead atoms. The molecule has 122 valence electrons. The van der Waals surface area contributed by atoms with Crippen molar-refractivity contribution in [1.82, 2.24) is 4.57 Å². The third kappa shape index (κ3) is 2.69. The Kier molecular flexibility index (Phi) is 3.82. The zero-order valence-electron chi connectivity index (χ0n) is 13.5. The van der Waals surface area contributed by atoms with E-state index in [1.165, 1.54) is 4.70 Å². The molecule has 1 aliphatic rings. The van der Waals surface area contributed by atoms with Gasteiger partial charge in [-0.15, -0.1) is 5.10 Å². The van der Waals surface area contributed by atoms with Crippen molar-refractivity contribution in [2.24, 2.45) is 17.3 Å². The van der Waals surface area contributed by atoms with Gasteiger partial charge in [-0.25, -0.2) is 0 Å². The first kappa shape index (κ1) is 15.0. The van der Waals surface area contributed by atoms with Crippen molar-refractivity contribution in [3.63, 3.8) is 0 Å². The SMILES string of the molecule is C/C(=N\N=c1/sc2ccccc2n1C)c1ccc2c(c1)OCCO2. The summed E-state index contributed by atoms with van der Waals surface area (Å²) < 4.78 is 14.4. The molecule has 0 spiro atoms. The molecule has 0 saturated carbocycles. The van der Waals surface area contributed by atoms with Gasteiger partial charge in [-0.2, -0.15) is 5.10 Å². The van der Waals surface area contributed by atoms with E-state index in [9.17, 15) is 0 Å². The van der Waals surface area contributed by atoms with Gasteiger partial charge in [0.25, 0.3) is 0 Å². The Morgan fingerprint density at radius 2 is 1.88 bits per heavy atom. The van der Waals surface area contributed by atoms with Gasteiger partial charge in [-0.1, -0.05) is 23.5 Å². The van der Waals surface area contributed by atoms with Crippen LogP contribution in [0.4, 0.5) is 0 Å². The van der Waals surface area contributed by atoms with E-state index in [1.54, 1.807) is 11.3 Å². The molecule has 2 heterocycles. The number of aryl methyl sites for hydroxylation is 1. The van der Waals surface area contributed by atoms with Crippen LogP contribution >= 0.6 is 11.3 Å². The van der Waals surface area contributed by atoms with Crippen LogP contribution in [0.15, 0.2) is 52.7 Å². The average molecular weight is 339 g/mol. The lowest BCUT2D eigenvalue weighted by Crippen LogP contribution is -2.15. The number of hydrogen-bond acceptors (Lipinski definition) is 5. The summed E-state index contributed by atoms with van der Waals surface area (Å²) in [5.74, 6) is 1.55. The fourth-order valence-electron chi connectivity index (χ4n) is 2.62. The van der Waals surface area contributed by atoms with Crippen molar-refractivity contribution >= 4 is 27.3 Å². The first-order valence-electron chi connectivity index (χ1n) is 7.75. The van der Waals surface area contributed by atoms with E-state index in [1.807, 2.05) is 44.3 Å². The molecule has 1 aromatic heterocycles. The maximum atomic E-state index is 5.62. The Morgan fingerprint density at radius 1 is 1.08 bits per heavy atom. The number of rotatable bonds is 2. The molecule has 4 rings (SSSR count). The highest BCUT2D eigenvalue weighted by molar-refractivity contribution is 7.16. The van der Waals surface area contributed by atoms with E-state index in [4.69, 9.17) is 9.47 Å². The number of aromatic nitrogens is 1. The number of para-hydroxylation sites is 1. The van der Waals surface area contributed by atoms with E-state index in [-0.39, 0.29) is 0 Å². The summed E-state index contributed by atoms with van der Waals surface area (Å²) in [7, 11) is 2.01. The Bertz CT molecular complexity index is 1000. The lowest BCUT2D eigenvalue weighted by Gasteiger charge is -2.18. The van der Waals surface area contributed by atoms with Gasteiger partial charge in [0.05, 0.1) is 15.9 Å². The Labute approximate surface area is 143 Å². The van der Waals surface area contributed by atoms with Crippen LogP contribution in [-0.4, -0.2) is 23.5 Å². The minimum atomic E-state index is 0.578. The van der Waals surface area contributed by atoms with Crippen molar-refractivity contribution < 1.29 is 9.47 Å². The quantitative estimate of drug-likeness (QED) is 0.531. The molecule has 6 heteroatoms. The van der Waals surface area contributed by atoms with Gasteiger partial charge in [-0.05, 0) is 37.3 Å². The molecule has 3 aromatic rings. The fraction of sp³-hybridized carbons (Fsp3) is 0.222. The van der Waals surface area contributed by atoms with Crippen molar-refractivity contribution in [2.45, 2.75) is 6.92 Å². The first-order valence-corrected chi connectivity index (χ1v) is 8.57. The standard InChI is InChI=1S/C18H17N3O2S/c1-12(13-7-8-15-16(11-13)23-10-9-22-15)19-20-18-21(2)14-5-3-4-6-17(14)24-18/h3-8,11H,9-10H2,1-2H3/b19-12+,20-18-. The number of ether oxygens (including phenoxy) is 2. The van der Waals surface area contributed by atoms with E-state index >= 15 is 0 Å². The fourth-order valence-corrected chi connectivity index (χ4v) is 3.59. The minimum Gasteiger partial charge on any atom is -0.486 e. The molecular weight excluding hydrogens is 322 g/mol. The van der Waals surface area contributed by atoms with Gasteiger partial charge < -0.3 is 14.0 Å². The van der Waals surface area contributed by atoms with Crippen LogP contribution in [0.2, 0.25) is 0 Å². The highest BCUT2D eigenvalue weighted by Crippen LogP contribution is 2.30. The highest BCUT2D eigenvalue weighted by Gasteiger charge is 2.12. The van der Waals surface area contributed by atoms with Crippen LogP contribution in [0.25, 0.3) is 10.2 Å². The Morgan fingerprint density at radius 3 is 2.71 bits per heavy atom. The molecule has 0 unspecified atom stereocenters. The molecule has 5 nitrogen and oxygen atoms in total. The summed E-state index contributed by atoms with van der Waals surface area (Å²) in [6.45, 7) is 3.12.